The predicted molar refractivity (Wildman–Crippen MR) is 66.3 cm³/mol. The summed E-state index contributed by atoms with van der Waals surface area (Å²) in [7, 11) is 0. The van der Waals surface area contributed by atoms with E-state index in [9.17, 15) is 4.79 Å². The number of rotatable bonds is 5. The fourth-order valence-electron chi connectivity index (χ4n) is 1.56. The topological polar surface area (TPSA) is 41.1 Å². The summed E-state index contributed by atoms with van der Waals surface area (Å²) in [5.41, 5.74) is 2.45. The third-order valence-electron chi connectivity index (χ3n) is 2.48. The average Bonchev–Trinajstić information content (AvgIpc) is 2.26. The van der Waals surface area contributed by atoms with Gasteiger partial charge in [0, 0.05) is 12.6 Å². The minimum atomic E-state index is 0.0435. The predicted octanol–water partition coefficient (Wildman–Crippen LogP) is 1.78. The molecule has 16 heavy (non-hydrogen) atoms. The highest BCUT2D eigenvalue weighted by atomic mass is 16.1. The molecule has 0 saturated carbocycles. The van der Waals surface area contributed by atoms with E-state index in [0.717, 1.165) is 0 Å². The lowest BCUT2D eigenvalue weighted by molar-refractivity contribution is -0.120. The normalized spacial score (nSPS) is 12.2. The third kappa shape index (κ3) is 4.03. The molecular formula is C13H20N2O. The summed E-state index contributed by atoms with van der Waals surface area (Å²) in [6.07, 6.45) is 0. The minimum absolute atomic E-state index is 0.0435. The molecular weight excluding hydrogens is 200 g/mol. The highest BCUT2D eigenvalue weighted by Gasteiger charge is 2.06. The van der Waals surface area contributed by atoms with Crippen LogP contribution in [0.3, 0.4) is 0 Å². The minimum Gasteiger partial charge on any atom is -0.355 e. The smallest absolute Gasteiger partial charge is 0.233 e. The Morgan fingerprint density at radius 2 is 2.19 bits per heavy atom. The van der Waals surface area contributed by atoms with E-state index in [1.807, 2.05) is 13.0 Å². The summed E-state index contributed by atoms with van der Waals surface area (Å²) < 4.78 is 0. The Morgan fingerprint density at radius 3 is 2.81 bits per heavy atom. The third-order valence-corrected chi connectivity index (χ3v) is 2.48. The standard InChI is InChI=1S/C13H20N2O/c1-4-14-13(16)9-15-11(3)12-7-5-6-10(2)8-12/h5-8,11,15H,4,9H2,1-3H3,(H,14,16)/t11-/m1/s1. The molecule has 0 aromatic heterocycles. The molecule has 88 valence electrons. The zero-order valence-corrected chi connectivity index (χ0v) is 10.2. The molecule has 1 aromatic rings. The first-order valence-corrected chi connectivity index (χ1v) is 5.70. The van der Waals surface area contributed by atoms with Gasteiger partial charge in [0.1, 0.15) is 0 Å². The van der Waals surface area contributed by atoms with Crippen molar-refractivity contribution < 1.29 is 4.79 Å². The van der Waals surface area contributed by atoms with E-state index in [1.54, 1.807) is 0 Å². The summed E-state index contributed by atoms with van der Waals surface area (Å²) in [5, 5.41) is 5.96. The van der Waals surface area contributed by atoms with Crippen LogP contribution < -0.4 is 10.6 Å². The van der Waals surface area contributed by atoms with Crippen molar-refractivity contribution in [3.05, 3.63) is 35.4 Å². The van der Waals surface area contributed by atoms with Crippen molar-refractivity contribution in [1.29, 1.82) is 0 Å². The summed E-state index contributed by atoms with van der Waals surface area (Å²) in [6, 6.07) is 8.51. The molecule has 0 spiro atoms. The van der Waals surface area contributed by atoms with Gasteiger partial charge in [0.05, 0.1) is 6.54 Å². The number of hydrogen-bond acceptors (Lipinski definition) is 2. The van der Waals surface area contributed by atoms with Crippen LogP contribution in [0.5, 0.6) is 0 Å². The Bertz CT molecular complexity index is 350. The van der Waals surface area contributed by atoms with Crippen molar-refractivity contribution in [1.82, 2.24) is 10.6 Å². The van der Waals surface area contributed by atoms with E-state index < -0.39 is 0 Å². The first-order valence-electron chi connectivity index (χ1n) is 5.70. The summed E-state index contributed by atoms with van der Waals surface area (Å²) in [4.78, 5) is 11.3. The SMILES string of the molecule is CCNC(=O)CN[C@H](C)c1cccc(C)c1. The quantitative estimate of drug-likeness (QED) is 0.794. The highest BCUT2D eigenvalue weighted by molar-refractivity contribution is 5.77. The van der Waals surface area contributed by atoms with Crippen molar-refractivity contribution in [2.45, 2.75) is 26.8 Å². The van der Waals surface area contributed by atoms with Gasteiger partial charge in [0.15, 0.2) is 0 Å². The van der Waals surface area contributed by atoms with Crippen molar-refractivity contribution in [2.24, 2.45) is 0 Å². The maximum atomic E-state index is 11.3. The lowest BCUT2D eigenvalue weighted by Crippen LogP contribution is -2.34. The second-order valence-electron chi connectivity index (χ2n) is 3.97. The van der Waals surface area contributed by atoms with Gasteiger partial charge in [-0.05, 0) is 26.3 Å². The van der Waals surface area contributed by atoms with E-state index in [-0.39, 0.29) is 11.9 Å². The van der Waals surface area contributed by atoms with E-state index in [2.05, 4.69) is 42.7 Å². The van der Waals surface area contributed by atoms with E-state index in [4.69, 9.17) is 0 Å². The van der Waals surface area contributed by atoms with Crippen LogP contribution in [0.15, 0.2) is 24.3 Å². The van der Waals surface area contributed by atoms with Crippen LogP contribution in [0, 0.1) is 6.92 Å². The molecule has 0 aliphatic rings. The molecule has 2 N–H and O–H groups in total. The first-order chi connectivity index (χ1) is 7.63. The summed E-state index contributed by atoms with van der Waals surface area (Å²) >= 11 is 0. The van der Waals surface area contributed by atoms with Gasteiger partial charge in [0.2, 0.25) is 5.91 Å². The van der Waals surface area contributed by atoms with Crippen LogP contribution in [0.2, 0.25) is 0 Å². The van der Waals surface area contributed by atoms with Gasteiger partial charge in [0.25, 0.3) is 0 Å². The van der Waals surface area contributed by atoms with Crippen LogP contribution in [0.25, 0.3) is 0 Å². The maximum absolute atomic E-state index is 11.3. The summed E-state index contributed by atoms with van der Waals surface area (Å²) in [6.45, 7) is 7.10. The van der Waals surface area contributed by atoms with Gasteiger partial charge >= 0.3 is 0 Å². The molecule has 0 saturated heterocycles. The van der Waals surface area contributed by atoms with Crippen molar-refractivity contribution in [3.8, 4) is 0 Å². The molecule has 1 rings (SSSR count). The number of nitrogens with one attached hydrogen (secondary N) is 2. The lowest BCUT2D eigenvalue weighted by Gasteiger charge is -2.14. The first kappa shape index (κ1) is 12.7. The number of aryl methyl sites for hydroxylation is 1. The Hall–Kier alpha value is -1.35. The Labute approximate surface area is 97.2 Å². The lowest BCUT2D eigenvalue weighted by atomic mass is 10.1. The highest BCUT2D eigenvalue weighted by Crippen LogP contribution is 2.13. The largest absolute Gasteiger partial charge is 0.355 e. The molecule has 0 radical (unpaired) electrons. The molecule has 1 aromatic carbocycles. The van der Waals surface area contributed by atoms with Crippen molar-refractivity contribution in [3.63, 3.8) is 0 Å². The number of hydrogen-bond donors (Lipinski definition) is 2. The molecule has 0 aliphatic heterocycles. The van der Waals surface area contributed by atoms with Crippen LogP contribution >= 0.6 is 0 Å². The van der Waals surface area contributed by atoms with Crippen LogP contribution in [0.4, 0.5) is 0 Å². The molecule has 0 unspecified atom stereocenters. The zero-order valence-electron chi connectivity index (χ0n) is 10.2. The Balaban J connectivity index is 2.46. The van der Waals surface area contributed by atoms with Gasteiger partial charge in [-0.25, -0.2) is 0 Å². The van der Waals surface area contributed by atoms with Gasteiger partial charge in [-0.2, -0.15) is 0 Å². The molecule has 0 bridgehead atoms. The van der Waals surface area contributed by atoms with Gasteiger partial charge in [-0.15, -0.1) is 0 Å². The molecule has 3 heteroatoms. The van der Waals surface area contributed by atoms with Crippen molar-refractivity contribution in [2.75, 3.05) is 13.1 Å². The Kier molecular flexibility index (Phi) is 4.99. The summed E-state index contributed by atoms with van der Waals surface area (Å²) in [5.74, 6) is 0.0435. The molecule has 1 amide bonds. The fourth-order valence-corrected chi connectivity index (χ4v) is 1.56. The van der Waals surface area contributed by atoms with Gasteiger partial charge in [-0.1, -0.05) is 29.8 Å². The van der Waals surface area contributed by atoms with Crippen molar-refractivity contribution >= 4 is 5.91 Å². The number of carbonyl (C=O) groups is 1. The number of likely N-dealkylation sites (N-methyl/N-ethyl adjacent to an activating group) is 1. The second kappa shape index (κ2) is 6.28. The molecule has 3 nitrogen and oxygen atoms in total. The van der Waals surface area contributed by atoms with Crippen LogP contribution in [0.1, 0.15) is 31.0 Å². The van der Waals surface area contributed by atoms with E-state index in [0.29, 0.717) is 13.1 Å². The molecule has 1 atom stereocenters. The van der Waals surface area contributed by atoms with E-state index in [1.165, 1.54) is 11.1 Å². The van der Waals surface area contributed by atoms with Crippen LogP contribution in [-0.4, -0.2) is 19.0 Å². The second-order valence-corrected chi connectivity index (χ2v) is 3.97. The molecule has 0 heterocycles. The van der Waals surface area contributed by atoms with Gasteiger partial charge < -0.3 is 10.6 Å². The zero-order chi connectivity index (χ0) is 12.0. The maximum Gasteiger partial charge on any atom is 0.233 e. The molecule has 0 fully saturated rings. The van der Waals surface area contributed by atoms with E-state index >= 15 is 0 Å². The number of benzene rings is 1. The number of carbonyl (C=O) groups excluding carboxylic acids is 1. The Morgan fingerprint density at radius 1 is 1.44 bits per heavy atom. The average molecular weight is 220 g/mol. The van der Waals surface area contributed by atoms with Gasteiger partial charge in [-0.3, -0.25) is 4.79 Å². The van der Waals surface area contributed by atoms with Crippen LogP contribution in [-0.2, 0) is 4.79 Å². The fraction of sp³-hybridized carbons (Fsp3) is 0.462. The molecule has 0 aliphatic carbocycles. The monoisotopic (exact) mass is 220 g/mol. The number of amides is 1.